The molecule has 130 valence electrons. The van der Waals surface area contributed by atoms with Crippen molar-refractivity contribution in [3.63, 3.8) is 0 Å². The van der Waals surface area contributed by atoms with E-state index >= 15 is 0 Å². The van der Waals surface area contributed by atoms with Gasteiger partial charge >= 0.3 is 0 Å². The summed E-state index contributed by atoms with van der Waals surface area (Å²) in [5.74, 6) is 5.46. The Bertz CT molecular complexity index is 776. The van der Waals surface area contributed by atoms with Gasteiger partial charge in [-0.3, -0.25) is 0 Å². The van der Waals surface area contributed by atoms with Gasteiger partial charge in [0.05, 0.1) is 0 Å². The maximum absolute atomic E-state index is 6.32. The molecule has 0 N–H and O–H groups in total. The second-order valence-electron chi connectivity index (χ2n) is 9.14. The van der Waals surface area contributed by atoms with Gasteiger partial charge in [-0.2, -0.15) is 0 Å². The minimum atomic E-state index is 0.213. The second-order valence-corrected chi connectivity index (χ2v) is 9.58. The summed E-state index contributed by atoms with van der Waals surface area (Å²) in [4.78, 5) is 0. The highest BCUT2D eigenvalue weighted by Crippen LogP contribution is 2.61. The third-order valence-electron chi connectivity index (χ3n) is 7.34. The first-order chi connectivity index (χ1) is 12.2. The van der Waals surface area contributed by atoms with E-state index in [-0.39, 0.29) is 5.41 Å². The summed E-state index contributed by atoms with van der Waals surface area (Å²) >= 11 is 6.00. The molecular weight excluding hydrogens is 332 g/mol. The lowest BCUT2D eigenvalue weighted by molar-refractivity contribution is -0.0182. The first kappa shape index (κ1) is 14.8. The van der Waals surface area contributed by atoms with Crippen LogP contribution in [0.3, 0.4) is 0 Å². The Labute approximate surface area is 153 Å². The number of hydrogen-bond donors (Lipinski definition) is 0. The lowest BCUT2D eigenvalue weighted by Gasteiger charge is -2.55. The fourth-order valence-corrected chi connectivity index (χ4v) is 6.64. The van der Waals surface area contributed by atoms with Crippen molar-refractivity contribution >= 4 is 11.6 Å². The van der Waals surface area contributed by atoms with Crippen LogP contribution in [0.4, 0.5) is 0 Å². The zero-order valence-electron chi connectivity index (χ0n) is 14.3. The van der Waals surface area contributed by atoms with Gasteiger partial charge in [0, 0.05) is 16.4 Å². The highest BCUT2D eigenvalue weighted by Gasteiger charge is 2.55. The molecule has 0 spiro atoms. The molecule has 0 aliphatic heterocycles. The topological polar surface area (TPSA) is 38.9 Å². The van der Waals surface area contributed by atoms with Crippen LogP contribution in [0.1, 0.15) is 74.1 Å². The van der Waals surface area contributed by atoms with E-state index in [4.69, 9.17) is 16.0 Å². The molecule has 2 aromatic rings. The molecule has 4 bridgehead atoms. The highest BCUT2D eigenvalue weighted by atomic mass is 35.5. The van der Waals surface area contributed by atoms with Crippen LogP contribution in [-0.4, -0.2) is 10.2 Å². The molecule has 5 fully saturated rings. The van der Waals surface area contributed by atoms with Crippen LogP contribution < -0.4 is 0 Å². The molecule has 1 aromatic heterocycles. The quantitative estimate of drug-likeness (QED) is 0.734. The predicted octanol–water partition coefficient (Wildman–Crippen LogP) is 5.46. The van der Waals surface area contributed by atoms with E-state index < -0.39 is 0 Å². The molecule has 3 nitrogen and oxygen atoms in total. The average Bonchev–Trinajstić information content (AvgIpc) is 3.21. The van der Waals surface area contributed by atoms with Gasteiger partial charge in [-0.25, -0.2) is 0 Å². The van der Waals surface area contributed by atoms with Crippen LogP contribution in [0.25, 0.3) is 0 Å². The molecule has 0 saturated heterocycles. The minimum absolute atomic E-state index is 0.213. The number of rotatable bonds is 3. The van der Waals surface area contributed by atoms with Crippen LogP contribution in [0.2, 0.25) is 5.02 Å². The maximum Gasteiger partial charge on any atom is 0.222 e. The standard InChI is InChI=1S/C21H23ClN2O/c22-16-3-1-15(2-4-16)17-8-18(17)19-23-24-20(25-19)21-9-12-5-13(10-21)7-14(6-12)11-21/h1-4,12-14,17-18H,5-11H2. The summed E-state index contributed by atoms with van der Waals surface area (Å²) in [6, 6.07) is 8.20. The number of benzene rings is 1. The van der Waals surface area contributed by atoms with Crippen molar-refractivity contribution in [2.75, 3.05) is 0 Å². The van der Waals surface area contributed by atoms with Gasteiger partial charge in [-0.1, -0.05) is 23.7 Å². The van der Waals surface area contributed by atoms with Gasteiger partial charge < -0.3 is 4.42 Å². The van der Waals surface area contributed by atoms with E-state index in [0.717, 1.165) is 41.0 Å². The maximum atomic E-state index is 6.32. The Morgan fingerprint density at radius 2 is 1.48 bits per heavy atom. The zero-order valence-corrected chi connectivity index (χ0v) is 15.1. The molecule has 2 unspecified atom stereocenters. The van der Waals surface area contributed by atoms with Crippen molar-refractivity contribution in [3.05, 3.63) is 46.6 Å². The largest absolute Gasteiger partial charge is 0.424 e. The normalized spacial score (nSPS) is 41.2. The third-order valence-corrected chi connectivity index (χ3v) is 7.59. The molecule has 5 aliphatic rings. The molecule has 1 aromatic carbocycles. The summed E-state index contributed by atoms with van der Waals surface area (Å²) < 4.78 is 6.32. The summed E-state index contributed by atoms with van der Waals surface area (Å²) in [6.45, 7) is 0. The molecule has 7 rings (SSSR count). The third kappa shape index (κ3) is 2.31. The minimum Gasteiger partial charge on any atom is -0.424 e. The molecule has 2 atom stereocenters. The molecule has 5 aliphatic carbocycles. The molecule has 25 heavy (non-hydrogen) atoms. The van der Waals surface area contributed by atoms with Crippen LogP contribution in [0.15, 0.2) is 28.7 Å². The van der Waals surface area contributed by atoms with Gasteiger partial charge in [0.25, 0.3) is 0 Å². The van der Waals surface area contributed by atoms with E-state index in [2.05, 4.69) is 22.3 Å². The van der Waals surface area contributed by atoms with Crippen LogP contribution in [0.5, 0.6) is 0 Å². The molecule has 4 heteroatoms. The summed E-state index contributed by atoms with van der Waals surface area (Å²) in [5.41, 5.74) is 1.55. The molecule has 0 radical (unpaired) electrons. The lowest BCUT2D eigenvalue weighted by Crippen LogP contribution is -2.48. The van der Waals surface area contributed by atoms with Gasteiger partial charge in [-0.05, 0) is 86.3 Å². The summed E-state index contributed by atoms with van der Waals surface area (Å²) in [7, 11) is 0. The highest BCUT2D eigenvalue weighted by molar-refractivity contribution is 6.30. The van der Waals surface area contributed by atoms with Crippen LogP contribution >= 0.6 is 11.6 Å². The van der Waals surface area contributed by atoms with Crippen molar-refractivity contribution < 1.29 is 4.42 Å². The number of aromatic nitrogens is 2. The first-order valence-corrected chi connectivity index (χ1v) is 10.2. The Balaban J connectivity index is 1.25. The smallest absolute Gasteiger partial charge is 0.222 e. The Morgan fingerprint density at radius 1 is 0.840 bits per heavy atom. The van der Waals surface area contributed by atoms with E-state index in [0.29, 0.717) is 11.8 Å². The van der Waals surface area contributed by atoms with Gasteiger partial charge in [0.15, 0.2) is 0 Å². The first-order valence-electron chi connectivity index (χ1n) is 9.78. The number of hydrogen-bond acceptors (Lipinski definition) is 3. The predicted molar refractivity (Wildman–Crippen MR) is 95.7 cm³/mol. The molecule has 5 saturated carbocycles. The van der Waals surface area contributed by atoms with Crippen molar-refractivity contribution in [1.29, 1.82) is 0 Å². The van der Waals surface area contributed by atoms with E-state index in [1.165, 1.54) is 44.1 Å². The van der Waals surface area contributed by atoms with E-state index in [1.54, 1.807) is 0 Å². The zero-order chi connectivity index (χ0) is 16.6. The van der Waals surface area contributed by atoms with Crippen molar-refractivity contribution in [3.8, 4) is 0 Å². The van der Waals surface area contributed by atoms with Crippen LogP contribution in [-0.2, 0) is 5.41 Å². The lowest BCUT2D eigenvalue weighted by atomic mass is 9.49. The van der Waals surface area contributed by atoms with E-state index in [1.807, 2.05) is 12.1 Å². The fraction of sp³-hybridized carbons (Fsp3) is 0.619. The van der Waals surface area contributed by atoms with Crippen molar-refractivity contribution in [2.45, 2.75) is 62.2 Å². The van der Waals surface area contributed by atoms with Gasteiger partial charge in [0.1, 0.15) is 0 Å². The molecular formula is C21H23ClN2O. The van der Waals surface area contributed by atoms with Crippen molar-refractivity contribution in [1.82, 2.24) is 10.2 Å². The fourth-order valence-electron chi connectivity index (χ4n) is 6.52. The SMILES string of the molecule is Clc1ccc(C2CC2c2nnc(C34CC5CC(CC(C5)C3)C4)o2)cc1. The molecule has 1 heterocycles. The number of nitrogens with zero attached hydrogens (tertiary/aromatic N) is 2. The average molecular weight is 355 g/mol. The number of halogens is 1. The Hall–Kier alpha value is -1.35. The monoisotopic (exact) mass is 354 g/mol. The van der Waals surface area contributed by atoms with Gasteiger partial charge in [0.2, 0.25) is 11.8 Å². The van der Waals surface area contributed by atoms with Gasteiger partial charge in [-0.15, -0.1) is 10.2 Å². The summed E-state index contributed by atoms with van der Waals surface area (Å²) in [6.07, 6.45) is 9.30. The van der Waals surface area contributed by atoms with Crippen LogP contribution in [0, 0.1) is 17.8 Å². The second kappa shape index (κ2) is 5.09. The van der Waals surface area contributed by atoms with Crippen molar-refractivity contribution in [2.24, 2.45) is 17.8 Å². The van der Waals surface area contributed by atoms with E-state index in [9.17, 15) is 0 Å². The molecule has 0 amide bonds. The Kier molecular flexibility index (Phi) is 3.01. The Morgan fingerprint density at radius 3 is 2.12 bits per heavy atom. The summed E-state index contributed by atoms with van der Waals surface area (Å²) in [5, 5.41) is 9.85.